The van der Waals surface area contributed by atoms with Crippen LogP contribution in [0.2, 0.25) is 5.02 Å². The number of halogens is 1. The van der Waals surface area contributed by atoms with Gasteiger partial charge in [-0.2, -0.15) is 0 Å². The van der Waals surface area contributed by atoms with E-state index in [1.54, 1.807) is 6.20 Å². The highest BCUT2D eigenvalue weighted by Gasteiger charge is 2.13. The van der Waals surface area contributed by atoms with E-state index >= 15 is 0 Å². The quantitative estimate of drug-likeness (QED) is 0.894. The number of hydrogen-bond donors (Lipinski definition) is 1. The number of pyridine rings is 1. The molecule has 2 rings (SSSR count). The summed E-state index contributed by atoms with van der Waals surface area (Å²) in [5, 5.41) is 0.628. The molecule has 0 aliphatic rings. The largest absolute Gasteiger partial charge is 0.319 e. The van der Waals surface area contributed by atoms with Gasteiger partial charge in [-0.3, -0.25) is 4.98 Å². The third kappa shape index (κ3) is 2.55. The van der Waals surface area contributed by atoms with Gasteiger partial charge in [0.1, 0.15) is 0 Å². The van der Waals surface area contributed by atoms with E-state index in [-0.39, 0.29) is 6.04 Å². The van der Waals surface area contributed by atoms with Crippen LogP contribution in [0.4, 0.5) is 0 Å². The molecule has 1 aromatic heterocycles. The maximum Gasteiger partial charge on any atom is 0.0729 e. The van der Waals surface area contributed by atoms with Crippen molar-refractivity contribution in [3.8, 4) is 0 Å². The Morgan fingerprint density at radius 3 is 2.33 bits per heavy atom. The molecule has 0 spiro atoms. The molecular formula is C15H17ClN2. The van der Waals surface area contributed by atoms with E-state index in [1.807, 2.05) is 12.1 Å². The van der Waals surface area contributed by atoms with E-state index in [9.17, 15) is 0 Å². The van der Waals surface area contributed by atoms with Crippen LogP contribution >= 0.6 is 11.6 Å². The molecule has 0 bridgehead atoms. The molecule has 0 amide bonds. The molecule has 2 N–H and O–H groups in total. The van der Waals surface area contributed by atoms with Crippen LogP contribution in [0.1, 0.15) is 34.0 Å². The normalized spacial score (nSPS) is 12.5. The van der Waals surface area contributed by atoms with Crippen LogP contribution in [0.5, 0.6) is 0 Å². The zero-order chi connectivity index (χ0) is 13.3. The Bertz CT molecular complexity index is 561. The first-order valence-corrected chi connectivity index (χ1v) is 6.31. The maximum atomic E-state index is 6.28. The Labute approximate surface area is 113 Å². The van der Waals surface area contributed by atoms with Crippen LogP contribution in [0.3, 0.4) is 0 Å². The monoisotopic (exact) mass is 260 g/mol. The van der Waals surface area contributed by atoms with Crippen LogP contribution in [0.15, 0.2) is 30.5 Å². The second-order valence-electron chi connectivity index (χ2n) is 4.67. The molecule has 2 nitrogen and oxygen atoms in total. The number of rotatable bonds is 2. The molecule has 0 saturated heterocycles. The van der Waals surface area contributed by atoms with Gasteiger partial charge in [0.15, 0.2) is 0 Å². The Morgan fingerprint density at radius 1 is 1.06 bits per heavy atom. The van der Waals surface area contributed by atoms with Crippen LogP contribution in [0, 0.1) is 20.8 Å². The number of aryl methyl sites for hydroxylation is 3. The number of nitrogens with zero attached hydrogens (tertiary/aromatic N) is 1. The Morgan fingerprint density at radius 2 is 1.72 bits per heavy atom. The zero-order valence-electron chi connectivity index (χ0n) is 10.9. The maximum absolute atomic E-state index is 6.28. The molecule has 3 heteroatoms. The fourth-order valence-electron chi connectivity index (χ4n) is 2.05. The lowest BCUT2D eigenvalue weighted by atomic mass is 9.94. The molecule has 1 heterocycles. The number of nitrogens with two attached hydrogens (primary N) is 1. The smallest absolute Gasteiger partial charge is 0.0729 e. The van der Waals surface area contributed by atoms with Gasteiger partial charge >= 0.3 is 0 Å². The fraction of sp³-hybridized carbons (Fsp3) is 0.267. The van der Waals surface area contributed by atoms with Gasteiger partial charge in [0.05, 0.1) is 16.8 Å². The molecule has 0 radical (unpaired) electrons. The van der Waals surface area contributed by atoms with Gasteiger partial charge in [-0.05, 0) is 55.2 Å². The summed E-state index contributed by atoms with van der Waals surface area (Å²) < 4.78 is 0. The van der Waals surface area contributed by atoms with Crippen LogP contribution in [0.25, 0.3) is 0 Å². The molecule has 1 atom stereocenters. The van der Waals surface area contributed by atoms with Crippen molar-refractivity contribution in [3.63, 3.8) is 0 Å². The van der Waals surface area contributed by atoms with E-state index in [0.717, 1.165) is 11.3 Å². The molecule has 1 aromatic carbocycles. The van der Waals surface area contributed by atoms with Crippen LogP contribution < -0.4 is 5.73 Å². The molecule has 0 aliphatic heterocycles. The van der Waals surface area contributed by atoms with Crippen molar-refractivity contribution >= 4 is 11.6 Å². The molecule has 2 aromatic rings. The average Bonchev–Trinajstić information content (AvgIpc) is 2.34. The van der Waals surface area contributed by atoms with Crippen molar-refractivity contribution in [2.24, 2.45) is 5.73 Å². The minimum atomic E-state index is -0.207. The average molecular weight is 261 g/mol. The van der Waals surface area contributed by atoms with E-state index in [4.69, 9.17) is 17.3 Å². The summed E-state index contributed by atoms with van der Waals surface area (Å²) in [7, 11) is 0. The predicted octanol–water partition coefficient (Wildman–Crippen LogP) is 3.71. The van der Waals surface area contributed by atoms with Gasteiger partial charge in [-0.25, -0.2) is 0 Å². The van der Waals surface area contributed by atoms with Gasteiger partial charge in [0, 0.05) is 6.20 Å². The van der Waals surface area contributed by atoms with Gasteiger partial charge in [0.25, 0.3) is 0 Å². The number of benzene rings is 1. The molecule has 0 aliphatic carbocycles. The first-order valence-electron chi connectivity index (χ1n) is 5.94. The highest BCUT2D eigenvalue weighted by Crippen LogP contribution is 2.24. The van der Waals surface area contributed by atoms with E-state index in [2.05, 4.69) is 37.9 Å². The second-order valence-corrected chi connectivity index (χ2v) is 5.11. The van der Waals surface area contributed by atoms with Gasteiger partial charge < -0.3 is 5.73 Å². The minimum Gasteiger partial charge on any atom is -0.319 e. The van der Waals surface area contributed by atoms with E-state index in [0.29, 0.717) is 5.02 Å². The van der Waals surface area contributed by atoms with Crippen molar-refractivity contribution < 1.29 is 0 Å². The minimum absolute atomic E-state index is 0.207. The molecular weight excluding hydrogens is 244 g/mol. The third-order valence-electron chi connectivity index (χ3n) is 3.29. The lowest BCUT2D eigenvalue weighted by Gasteiger charge is -2.16. The third-order valence-corrected chi connectivity index (χ3v) is 3.51. The standard InChI is InChI=1S/C15H17ClN2/c1-9-6-11(3)13(7-10(9)2)15(17)14-5-4-12(16)8-18-14/h4-8,15H,17H2,1-3H3. The first-order chi connectivity index (χ1) is 8.49. The Kier molecular flexibility index (Phi) is 3.69. The first kappa shape index (κ1) is 13.1. The Hall–Kier alpha value is -1.38. The summed E-state index contributed by atoms with van der Waals surface area (Å²) in [6.07, 6.45) is 1.63. The molecule has 1 unspecified atom stereocenters. The lowest BCUT2D eigenvalue weighted by Crippen LogP contribution is -2.15. The summed E-state index contributed by atoms with van der Waals surface area (Å²) in [5.41, 5.74) is 12.0. The zero-order valence-corrected chi connectivity index (χ0v) is 11.6. The Balaban J connectivity index is 2.42. The number of hydrogen-bond acceptors (Lipinski definition) is 2. The molecule has 94 valence electrons. The summed E-state index contributed by atoms with van der Waals surface area (Å²) in [6.45, 7) is 6.29. The van der Waals surface area contributed by atoms with E-state index < -0.39 is 0 Å². The number of aromatic nitrogens is 1. The van der Waals surface area contributed by atoms with Crippen LogP contribution in [-0.2, 0) is 0 Å². The predicted molar refractivity (Wildman–Crippen MR) is 75.9 cm³/mol. The van der Waals surface area contributed by atoms with Gasteiger partial charge in [-0.1, -0.05) is 23.7 Å². The van der Waals surface area contributed by atoms with Crippen molar-refractivity contribution in [3.05, 3.63) is 63.4 Å². The van der Waals surface area contributed by atoms with E-state index in [1.165, 1.54) is 16.7 Å². The van der Waals surface area contributed by atoms with Gasteiger partial charge in [-0.15, -0.1) is 0 Å². The highest BCUT2D eigenvalue weighted by molar-refractivity contribution is 6.30. The second kappa shape index (κ2) is 5.09. The molecule has 18 heavy (non-hydrogen) atoms. The molecule has 0 fully saturated rings. The summed E-state index contributed by atoms with van der Waals surface area (Å²) in [4.78, 5) is 4.29. The summed E-state index contributed by atoms with van der Waals surface area (Å²) in [5.74, 6) is 0. The SMILES string of the molecule is Cc1cc(C)c(C(N)c2ccc(Cl)cn2)cc1C. The summed E-state index contributed by atoms with van der Waals surface area (Å²) in [6, 6.07) is 7.80. The molecule has 0 saturated carbocycles. The fourth-order valence-corrected chi connectivity index (χ4v) is 2.16. The van der Waals surface area contributed by atoms with Crippen LogP contribution in [-0.4, -0.2) is 4.98 Å². The topological polar surface area (TPSA) is 38.9 Å². The van der Waals surface area contributed by atoms with Gasteiger partial charge in [0.2, 0.25) is 0 Å². The van der Waals surface area contributed by atoms with Crippen molar-refractivity contribution in [1.29, 1.82) is 0 Å². The van der Waals surface area contributed by atoms with Crippen molar-refractivity contribution in [2.45, 2.75) is 26.8 Å². The summed E-state index contributed by atoms with van der Waals surface area (Å²) >= 11 is 5.84. The van der Waals surface area contributed by atoms with Crippen molar-refractivity contribution in [1.82, 2.24) is 4.98 Å². The van der Waals surface area contributed by atoms with Crippen molar-refractivity contribution in [2.75, 3.05) is 0 Å². The lowest BCUT2D eigenvalue weighted by molar-refractivity contribution is 0.819. The highest BCUT2D eigenvalue weighted by atomic mass is 35.5.